The maximum absolute atomic E-state index is 13.2. The number of carbonyl (C=O) groups is 2. The fraction of sp³-hybridized carbons (Fsp3) is 0.240. The van der Waals surface area contributed by atoms with Gasteiger partial charge in [-0.15, -0.1) is 0 Å². The third-order valence-electron chi connectivity index (χ3n) is 5.69. The van der Waals surface area contributed by atoms with Crippen molar-refractivity contribution in [1.29, 1.82) is 0 Å². The minimum absolute atomic E-state index is 0.0281. The van der Waals surface area contributed by atoms with Crippen LogP contribution in [-0.4, -0.2) is 52.0 Å². The quantitative estimate of drug-likeness (QED) is 0.323. The first-order valence-corrected chi connectivity index (χ1v) is 10.6. The molecule has 0 bridgehead atoms. The van der Waals surface area contributed by atoms with Crippen molar-refractivity contribution in [3.63, 3.8) is 0 Å². The van der Waals surface area contributed by atoms with Gasteiger partial charge in [0.25, 0.3) is 11.7 Å². The Morgan fingerprint density at radius 2 is 1.85 bits per heavy atom. The zero-order chi connectivity index (χ0) is 23.4. The Hall–Kier alpha value is -4.07. The SMILES string of the molecule is COc1ccc(OC)c([C@H]2C(=C(O)c3ccccc3)C(=O)C(=O)N2CCCn2ccnc2)c1. The normalized spacial score (nSPS) is 17.4. The minimum Gasteiger partial charge on any atom is -0.507 e. The van der Waals surface area contributed by atoms with Crippen LogP contribution < -0.4 is 9.47 Å². The van der Waals surface area contributed by atoms with E-state index >= 15 is 0 Å². The fourth-order valence-electron chi connectivity index (χ4n) is 4.08. The predicted octanol–water partition coefficient (Wildman–Crippen LogP) is 3.41. The number of ketones is 1. The van der Waals surface area contributed by atoms with Gasteiger partial charge in [0.2, 0.25) is 0 Å². The van der Waals surface area contributed by atoms with E-state index in [1.807, 2.05) is 16.8 Å². The molecule has 1 aromatic heterocycles. The van der Waals surface area contributed by atoms with Crippen molar-refractivity contribution < 1.29 is 24.2 Å². The maximum atomic E-state index is 13.2. The van der Waals surface area contributed by atoms with Crippen LogP contribution in [0.4, 0.5) is 0 Å². The summed E-state index contributed by atoms with van der Waals surface area (Å²) in [6, 6.07) is 13.1. The van der Waals surface area contributed by atoms with Gasteiger partial charge in [-0.1, -0.05) is 30.3 Å². The van der Waals surface area contributed by atoms with Crippen LogP contribution in [0.25, 0.3) is 5.76 Å². The molecule has 33 heavy (non-hydrogen) atoms. The molecule has 1 N–H and O–H groups in total. The second kappa shape index (κ2) is 9.60. The summed E-state index contributed by atoms with van der Waals surface area (Å²) in [4.78, 5) is 31.8. The van der Waals surface area contributed by atoms with Gasteiger partial charge in [-0.05, 0) is 24.6 Å². The molecule has 170 valence electrons. The lowest BCUT2D eigenvalue weighted by atomic mass is 9.94. The highest BCUT2D eigenvalue weighted by atomic mass is 16.5. The van der Waals surface area contributed by atoms with Crippen molar-refractivity contribution >= 4 is 17.4 Å². The van der Waals surface area contributed by atoms with Crippen LogP contribution in [0.3, 0.4) is 0 Å². The summed E-state index contributed by atoms with van der Waals surface area (Å²) < 4.78 is 12.8. The smallest absolute Gasteiger partial charge is 0.295 e. The number of carbonyl (C=O) groups excluding carboxylic acids is 2. The molecule has 1 fully saturated rings. The Balaban J connectivity index is 1.80. The number of nitrogens with zero attached hydrogens (tertiary/aromatic N) is 3. The van der Waals surface area contributed by atoms with Crippen molar-refractivity contribution in [1.82, 2.24) is 14.5 Å². The van der Waals surface area contributed by atoms with Crippen LogP contribution >= 0.6 is 0 Å². The molecule has 1 saturated heterocycles. The number of aliphatic hydroxyl groups excluding tert-OH is 1. The summed E-state index contributed by atoms with van der Waals surface area (Å²) in [7, 11) is 3.06. The molecule has 3 aromatic rings. The van der Waals surface area contributed by atoms with Gasteiger partial charge in [0.05, 0.1) is 32.2 Å². The first-order chi connectivity index (χ1) is 16.0. The average Bonchev–Trinajstić information content (AvgIpc) is 3.46. The van der Waals surface area contributed by atoms with E-state index in [0.717, 1.165) is 0 Å². The molecule has 0 spiro atoms. The first kappa shape index (κ1) is 22.1. The van der Waals surface area contributed by atoms with Crippen LogP contribution in [0, 0.1) is 0 Å². The van der Waals surface area contributed by atoms with Gasteiger partial charge in [-0.2, -0.15) is 0 Å². The summed E-state index contributed by atoms with van der Waals surface area (Å²) in [5.41, 5.74) is 1.05. The minimum atomic E-state index is -0.821. The van der Waals surface area contributed by atoms with E-state index in [2.05, 4.69) is 4.98 Å². The molecule has 0 radical (unpaired) electrons. The van der Waals surface area contributed by atoms with Crippen molar-refractivity contribution in [2.24, 2.45) is 0 Å². The van der Waals surface area contributed by atoms with E-state index in [9.17, 15) is 14.7 Å². The predicted molar refractivity (Wildman–Crippen MR) is 122 cm³/mol. The van der Waals surface area contributed by atoms with E-state index in [4.69, 9.17) is 9.47 Å². The van der Waals surface area contributed by atoms with Crippen molar-refractivity contribution in [3.05, 3.63) is 84.0 Å². The second-order valence-electron chi connectivity index (χ2n) is 7.62. The van der Waals surface area contributed by atoms with Crippen LogP contribution in [0.5, 0.6) is 11.5 Å². The summed E-state index contributed by atoms with van der Waals surface area (Å²) in [5.74, 6) is -0.571. The van der Waals surface area contributed by atoms with Gasteiger partial charge in [0.1, 0.15) is 17.3 Å². The van der Waals surface area contributed by atoms with Gasteiger partial charge >= 0.3 is 0 Å². The molecular formula is C25H25N3O5. The van der Waals surface area contributed by atoms with Gasteiger partial charge in [-0.3, -0.25) is 9.59 Å². The number of rotatable bonds is 8. The number of aromatic nitrogens is 2. The number of hydrogen-bond donors (Lipinski definition) is 1. The fourth-order valence-corrected chi connectivity index (χ4v) is 4.08. The summed E-state index contributed by atoms with van der Waals surface area (Å²) in [5, 5.41) is 11.1. The molecule has 8 heteroatoms. The van der Waals surface area contributed by atoms with Crippen LogP contribution in [0.1, 0.15) is 23.6 Å². The van der Waals surface area contributed by atoms with E-state index in [-0.39, 0.29) is 11.3 Å². The molecule has 2 heterocycles. The molecule has 1 atom stereocenters. The standard InChI is InChI=1S/C25H25N3O5/c1-32-18-9-10-20(33-2)19(15-18)22-21(23(29)17-7-4-3-5-8-17)24(30)25(31)28(22)13-6-12-27-14-11-26-16-27/h3-5,7-11,14-16,22,29H,6,12-13H2,1-2H3/t22-/m0/s1. The Labute approximate surface area is 191 Å². The maximum Gasteiger partial charge on any atom is 0.295 e. The van der Waals surface area contributed by atoms with Gasteiger partial charge in [-0.25, -0.2) is 4.98 Å². The Morgan fingerprint density at radius 3 is 2.52 bits per heavy atom. The monoisotopic (exact) mass is 447 g/mol. The lowest BCUT2D eigenvalue weighted by molar-refractivity contribution is -0.140. The molecule has 1 aliphatic rings. The molecule has 8 nitrogen and oxygen atoms in total. The number of ether oxygens (including phenoxy) is 2. The van der Waals surface area contributed by atoms with E-state index in [1.54, 1.807) is 55.0 Å². The van der Waals surface area contributed by atoms with Gasteiger partial charge in [0.15, 0.2) is 0 Å². The number of Topliss-reactive ketones (excluding diaryl/α,β-unsaturated/α-hetero) is 1. The van der Waals surface area contributed by atoms with Gasteiger partial charge in [0, 0.05) is 36.6 Å². The third kappa shape index (κ3) is 4.32. The van der Waals surface area contributed by atoms with E-state index in [0.29, 0.717) is 42.1 Å². The van der Waals surface area contributed by atoms with E-state index < -0.39 is 17.7 Å². The zero-order valence-corrected chi connectivity index (χ0v) is 18.5. The number of hydrogen-bond acceptors (Lipinski definition) is 6. The summed E-state index contributed by atoms with van der Waals surface area (Å²) >= 11 is 0. The molecule has 0 aliphatic carbocycles. The van der Waals surface area contributed by atoms with Gasteiger partial charge < -0.3 is 24.0 Å². The van der Waals surface area contributed by atoms with Crippen LogP contribution in [0.2, 0.25) is 0 Å². The Morgan fingerprint density at radius 1 is 1.06 bits per heavy atom. The van der Waals surface area contributed by atoms with Crippen LogP contribution in [0.15, 0.2) is 72.8 Å². The number of aryl methyl sites for hydroxylation is 1. The summed E-state index contributed by atoms with van der Waals surface area (Å²) in [6.07, 6.45) is 5.82. The number of benzene rings is 2. The molecule has 4 rings (SSSR count). The largest absolute Gasteiger partial charge is 0.507 e. The highest BCUT2D eigenvalue weighted by Gasteiger charge is 2.47. The van der Waals surface area contributed by atoms with Crippen LogP contribution in [-0.2, 0) is 16.1 Å². The molecule has 2 aromatic carbocycles. The van der Waals surface area contributed by atoms with Crippen molar-refractivity contribution in [2.75, 3.05) is 20.8 Å². The zero-order valence-electron chi connectivity index (χ0n) is 18.5. The van der Waals surface area contributed by atoms with Crippen molar-refractivity contribution in [3.8, 4) is 11.5 Å². The first-order valence-electron chi connectivity index (χ1n) is 10.6. The number of imidazole rings is 1. The molecule has 0 unspecified atom stereocenters. The number of methoxy groups -OCH3 is 2. The average molecular weight is 447 g/mol. The lowest BCUT2D eigenvalue weighted by Crippen LogP contribution is -2.31. The molecular weight excluding hydrogens is 422 g/mol. The molecule has 1 amide bonds. The topological polar surface area (TPSA) is 93.9 Å². The van der Waals surface area contributed by atoms with E-state index in [1.165, 1.54) is 19.1 Å². The third-order valence-corrected chi connectivity index (χ3v) is 5.69. The molecule has 1 aliphatic heterocycles. The number of aliphatic hydroxyl groups is 1. The Kier molecular flexibility index (Phi) is 6.44. The number of likely N-dealkylation sites (tertiary alicyclic amines) is 1. The van der Waals surface area contributed by atoms with Crippen molar-refractivity contribution in [2.45, 2.75) is 19.0 Å². The highest BCUT2D eigenvalue weighted by Crippen LogP contribution is 2.43. The Bertz CT molecular complexity index is 1170. The second-order valence-corrected chi connectivity index (χ2v) is 7.62. The molecule has 0 saturated carbocycles. The summed E-state index contributed by atoms with van der Waals surface area (Å²) in [6.45, 7) is 0.934. The number of amides is 1. The lowest BCUT2D eigenvalue weighted by Gasteiger charge is -2.27. The highest BCUT2D eigenvalue weighted by molar-refractivity contribution is 6.46.